The number of nitrogens with zero attached hydrogens (tertiary/aromatic N) is 2. The molecule has 2 atom stereocenters. The second-order valence-electron chi connectivity index (χ2n) is 8.88. The van der Waals surface area contributed by atoms with Gasteiger partial charge in [0.1, 0.15) is 0 Å². The highest BCUT2D eigenvalue weighted by Gasteiger charge is 2.61. The number of sulfonamides is 1. The predicted octanol–water partition coefficient (Wildman–Crippen LogP) is 3.99. The van der Waals surface area contributed by atoms with E-state index in [4.69, 9.17) is 0 Å². The molecule has 0 unspecified atom stereocenters. The number of para-hydroxylation sites is 1. The van der Waals surface area contributed by atoms with Gasteiger partial charge >= 0.3 is 0 Å². The van der Waals surface area contributed by atoms with Crippen molar-refractivity contribution in [3.05, 3.63) is 71.3 Å². The van der Waals surface area contributed by atoms with Crippen LogP contribution in [0.2, 0.25) is 0 Å². The van der Waals surface area contributed by atoms with Gasteiger partial charge in [0.05, 0.1) is 22.0 Å². The fourth-order valence-electron chi connectivity index (χ4n) is 5.15. The second kappa shape index (κ2) is 8.45. The molecular formula is C26H30N2O4S. The van der Waals surface area contributed by atoms with Crippen LogP contribution in [-0.2, 0) is 25.0 Å². The number of carbonyl (C=O) groups excluding carboxylic acids is 2. The molecule has 0 radical (unpaired) electrons. The van der Waals surface area contributed by atoms with Crippen LogP contribution in [-0.4, -0.2) is 44.1 Å². The first kappa shape index (κ1) is 23.2. The number of carbonyl (C=O) groups is 2. The number of ketones is 1. The molecule has 1 heterocycles. The number of hydrogen-bond acceptors (Lipinski definition) is 4. The molecule has 6 nitrogen and oxygen atoms in total. The molecule has 0 fully saturated rings. The topological polar surface area (TPSA) is 74.8 Å². The van der Waals surface area contributed by atoms with Crippen LogP contribution in [0.5, 0.6) is 0 Å². The molecule has 1 aliphatic heterocycles. The van der Waals surface area contributed by atoms with E-state index >= 15 is 0 Å². The van der Waals surface area contributed by atoms with Crippen molar-refractivity contribution in [2.45, 2.75) is 56.9 Å². The largest absolute Gasteiger partial charge is 0.337 e. The lowest BCUT2D eigenvalue weighted by Crippen LogP contribution is -2.57. The molecule has 2 aromatic carbocycles. The average Bonchev–Trinajstić information content (AvgIpc) is 3.10. The van der Waals surface area contributed by atoms with Crippen LogP contribution in [0.1, 0.15) is 44.7 Å². The maximum atomic E-state index is 14.0. The molecule has 0 aromatic heterocycles. The van der Waals surface area contributed by atoms with E-state index in [0.29, 0.717) is 37.2 Å². The van der Waals surface area contributed by atoms with E-state index in [1.807, 2.05) is 33.8 Å². The Bertz CT molecular complexity index is 1230. The molecule has 0 bridgehead atoms. The summed E-state index contributed by atoms with van der Waals surface area (Å²) in [6.45, 7) is 8.37. The quantitative estimate of drug-likeness (QED) is 0.477. The standard InChI is InChI=1S/C26H30N2O4S/c1-5-27(6-2)25(30)24(29)26-16-15-19(4)17-23(26)28(22-10-8-7-9-21(22)26)33(31,32)20-13-11-18(3)12-14-20/h7-15,23H,5-6,16-17H2,1-4H3/t23-,26+/m0/s1. The van der Waals surface area contributed by atoms with E-state index in [2.05, 4.69) is 0 Å². The third-order valence-electron chi connectivity index (χ3n) is 6.99. The number of aryl methyl sites for hydroxylation is 1. The third-order valence-corrected chi connectivity index (χ3v) is 8.83. The molecule has 1 aliphatic carbocycles. The van der Waals surface area contributed by atoms with Crippen LogP contribution in [0.15, 0.2) is 65.1 Å². The van der Waals surface area contributed by atoms with Crippen molar-refractivity contribution in [3.8, 4) is 0 Å². The van der Waals surface area contributed by atoms with Crippen LogP contribution in [0.25, 0.3) is 0 Å². The van der Waals surface area contributed by atoms with Crippen LogP contribution >= 0.6 is 0 Å². The number of hydrogen-bond donors (Lipinski definition) is 0. The average molecular weight is 467 g/mol. The van der Waals surface area contributed by atoms with E-state index in [-0.39, 0.29) is 4.90 Å². The van der Waals surface area contributed by atoms with E-state index < -0.39 is 33.2 Å². The van der Waals surface area contributed by atoms with Gasteiger partial charge in [0.15, 0.2) is 0 Å². The van der Waals surface area contributed by atoms with E-state index in [0.717, 1.165) is 11.1 Å². The lowest BCUT2D eigenvalue weighted by atomic mass is 9.66. The number of fused-ring (bicyclic) bond motifs is 3. The van der Waals surface area contributed by atoms with Crippen molar-refractivity contribution in [2.24, 2.45) is 0 Å². The normalized spacial score (nSPS) is 21.8. The summed E-state index contributed by atoms with van der Waals surface area (Å²) in [5.74, 6) is -1.09. The molecule has 1 amide bonds. The van der Waals surface area contributed by atoms with Gasteiger partial charge in [0.25, 0.3) is 15.9 Å². The summed E-state index contributed by atoms with van der Waals surface area (Å²) in [5.41, 5.74) is 1.82. The zero-order chi connectivity index (χ0) is 24.0. The number of amides is 1. The zero-order valence-corrected chi connectivity index (χ0v) is 20.4. The number of Topliss-reactive ketones (excluding diaryl/α,β-unsaturated/α-hetero) is 1. The minimum absolute atomic E-state index is 0.174. The molecule has 0 saturated carbocycles. The molecule has 174 valence electrons. The van der Waals surface area contributed by atoms with Gasteiger partial charge in [-0.05, 0) is 64.3 Å². The van der Waals surface area contributed by atoms with Crippen LogP contribution in [0.3, 0.4) is 0 Å². The van der Waals surface area contributed by atoms with Gasteiger partial charge in [0, 0.05) is 13.1 Å². The third kappa shape index (κ3) is 3.50. The Morgan fingerprint density at radius 1 is 1.03 bits per heavy atom. The van der Waals surface area contributed by atoms with Gasteiger partial charge < -0.3 is 4.90 Å². The fraction of sp³-hybridized carbons (Fsp3) is 0.385. The summed E-state index contributed by atoms with van der Waals surface area (Å²) >= 11 is 0. The lowest BCUT2D eigenvalue weighted by Gasteiger charge is -2.40. The summed E-state index contributed by atoms with van der Waals surface area (Å²) in [6, 6.07) is 13.2. The molecule has 0 spiro atoms. The highest BCUT2D eigenvalue weighted by Crippen LogP contribution is 2.54. The van der Waals surface area contributed by atoms with E-state index in [1.165, 1.54) is 9.21 Å². The van der Waals surface area contributed by atoms with Gasteiger partial charge in [-0.25, -0.2) is 8.42 Å². The van der Waals surface area contributed by atoms with Crippen LogP contribution in [0, 0.1) is 6.92 Å². The Hall–Kier alpha value is -2.93. The van der Waals surface area contributed by atoms with E-state index in [9.17, 15) is 18.0 Å². The van der Waals surface area contributed by atoms with Crippen LogP contribution < -0.4 is 4.31 Å². The highest BCUT2D eigenvalue weighted by atomic mass is 32.2. The Morgan fingerprint density at radius 3 is 2.30 bits per heavy atom. The van der Waals surface area contributed by atoms with Gasteiger partial charge in [-0.15, -0.1) is 0 Å². The maximum Gasteiger partial charge on any atom is 0.290 e. The number of benzene rings is 2. The van der Waals surface area contributed by atoms with Gasteiger partial charge in [-0.1, -0.05) is 47.5 Å². The molecule has 0 N–H and O–H groups in total. The Kier molecular flexibility index (Phi) is 5.95. The minimum atomic E-state index is -3.96. The Morgan fingerprint density at radius 2 is 1.67 bits per heavy atom. The molecule has 2 aromatic rings. The first-order chi connectivity index (χ1) is 15.7. The van der Waals surface area contributed by atoms with Gasteiger partial charge in [-0.3, -0.25) is 13.9 Å². The van der Waals surface area contributed by atoms with Crippen molar-refractivity contribution in [3.63, 3.8) is 0 Å². The second-order valence-corrected chi connectivity index (χ2v) is 10.7. The minimum Gasteiger partial charge on any atom is -0.337 e. The number of rotatable bonds is 6. The predicted molar refractivity (Wildman–Crippen MR) is 129 cm³/mol. The molecule has 0 saturated heterocycles. The fourth-order valence-corrected chi connectivity index (χ4v) is 6.86. The summed E-state index contributed by atoms with van der Waals surface area (Å²) < 4.78 is 29.3. The molecule has 33 heavy (non-hydrogen) atoms. The monoisotopic (exact) mass is 466 g/mol. The highest BCUT2D eigenvalue weighted by molar-refractivity contribution is 7.93. The maximum absolute atomic E-state index is 14.0. The number of allylic oxidation sites excluding steroid dienone is 1. The van der Waals surface area contributed by atoms with Crippen molar-refractivity contribution < 1.29 is 18.0 Å². The summed E-state index contributed by atoms with van der Waals surface area (Å²) in [5, 5.41) is 0. The van der Waals surface area contributed by atoms with Gasteiger partial charge in [-0.2, -0.15) is 0 Å². The molecule has 4 rings (SSSR count). The van der Waals surface area contributed by atoms with Crippen molar-refractivity contribution >= 4 is 27.4 Å². The Labute approximate surface area is 195 Å². The zero-order valence-electron chi connectivity index (χ0n) is 19.5. The molecule has 7 heteroatoms. The Balaban J connectivity index is 1.94. The van der Waals surface area contributed by atoms with Gasteiger partial charge in [0.2, 0.25) is 5.78 Å². The van der Waals surface area contributed by atoms with Crippen molar-refractivity contribution in [1.29, 1.82) is 0 Å². The summed E-state index contributed by atoms with van der Waals surface area (Å²) in [4.78, 5) is 28.9. The SMILES string of the molecule is CCN(CC)C(=O)C(=O)[C@@]12CC=C(C)C[C@@H]1N(S(=O)(=O)c1ccc(C)cc1)c1ccccc12. The lowest BCUT2D eigenvalue weighted by molar-refractivity contribution is -0.147. The van der Waals surface area contributed by atoms with Crippen LogP contribution in [0.4, 0.5) is 5.69 Å². The molecule has 2 aliphatic rings. The smallest absolute Gasteiger partial charge is 0.290 e. The molecular weight excluding hydrogens is 436 g/mol. The summed E-state index contributed by atoms with van der Waals surface area (Å²) in [7, 11) is -3.96. The van der Waals surface area contributed by atoms with Crippen molar-refractivity contribution in [2.75, 3.05) is 17.4 Å². The first-order valence-corrected chi connectivity index (χ1v) is 12.8. The first-order valence-electron chi connectivity index (χ1n) is 11.4. The van der Waals surface area contributed by atoms with E-state index in [1.54, 1.807) is 48.5 Å². The number of anilines is 1. The number of likely N-dealkylation sites (N-methyl/N-ethyl adjacent to an activating group) is 1. The summed E-state index contributed by atoms with van der Waals surface area (Å²) in [6.07, 6.45) is 2.66. The van der Waals surface area contributed by atoms with Crippen molar-refractivity contribution in [1.82, 2.24) is 4.90 Å².